The largest absolute Gasteiger partial charge is 0.484 e. The summed E-state index contributed by atoms with van der Waals surface area (Å²) >= 11 is 0. The number of aromatic nitrogens is 3. The van der Waals surface area contributed by atoms with Crippen molar-refractivity contribution in [3.63, 3.8) is 0 Å². The molecule has 7 heteroatoms. The monoisotopic (exact) mass is 420 g/mol. The minimum atomic E-state index is 0.0384. The van der Waals surface area contributed by atoms with Gasteiger partial charge in [0, 0.05) is 42.4 Å². The van der Waals surface area contributed by atoms with Crippen molar-refractivity contribution < 1.29 is 13.9 Å². The van der Waals surface area contributed by atoms with Crippen LogP contribution in [0.1, 0.15) is 67.6 Å². The van der Waals surface area contributed by atoms with Crippen molar-refractivity contribution in [2.24, 2.45) is 0 Å². The second-order valence-corrected chi connectivity index (χ2v) is 9.16. The molecule has 3 heterocycles. The summed E-state index contributed by atoms with van der Waals surface area (Å²) in [6, 6.07) is 6.47. The Morgan fingerprint density at radius 2 is 2.06 bits per heavy atom. The number of carbonyl (C=O) groups is 1. The highest BCUT2D eigenvalue weighted by Crippen LogP contribution is 2.38. The van der Waals surface area contributed by atoms with Crippen LogP contribution in [0.4, 0.5) is 0 Å². The molecule has 1 unspecified atom stereocenters. The van der Waals surface area contributed by atoms with Crippen LogP contribution < -0.4 is 4.74 Å². The van der Waals surface area contributed by atoms with E-state index in [1.807, 2.05) is 29.4 Å². The van der Waals surface area contributed by atoms with E-state index in [9.17, 15) is 4.79 Å². The highest BCUT2D eigenvalue weighted by molar-refractivity contribution is 5.84. The third-order valence-corrected chi connectivity index (χ3v) is 6.97. The molecule has 1 aromatic carbocycles. The van der Waals surface area contributed by atoms with E-state index in [1.165, 1.54) is 31.2 Å². The molecule has 1 atom stereocenters. The Balaban J connectivity index is 1.12. The van der Waals surface area contributed by atoms with E-state index in [4.69, 9.17) is 9.15 Å². The van der Waals surface area contributed by atoms with Crippen LogP contribution in [0, 0.1) is 0 Å². The van der Waals surface area contributed by atoms with Crippen molar-refractivity contribution in [1.29, 1.82) is 0 Å². The molecule has 1 amide bonds. The van der Waals surface area contributed by atoms with E-state index in [0.717, 1.165) is 60.5 Å². The van der Waals surface area contributed by atoms with Gasteiger partial charge in [0.15, 0.2) is 6.61 Å². The number of aryl methyl sites for hydroxylation is 2. The molecule has 0 bridgehead atoms. The molecule has 0 radical (unpaired) electrons. The zero-order valence-corrected chi connectivity index (χ0v) is 17.8. The number of amides is 1. The van der Waals surface area contributed by atoms with Crippen LogP contribution in [0.25, 0.3) is 11.0 Å². The molecule has 1 saturated heterocycles. The van der Waals surface area contributed by atoms with Gasteiger partial charge in [-0.2, -0.15) is 0 Å². The maximum Gasteiger partial charge on any atom is 0.260 e. The van der Waals surface area contributed by atoms with Crippen LogP contribution in [0.5, 0.6) is 5.75 Å². The van der Waals surface area contributed by atoms with Crippen LogP contribution in [-0.4, -0.2) is 45.3 Å². The summed E-state index contributed by atoms with van der Waals surface area (Å²) < 4.78 is 14.1. The van der Waals surface area contributed by atoms with E-state index in [2.05, 4.69) is 14.8 Å². The van der Waals surface area contributed by atoms with Crippen molar-refractivity contribution >= 4 is 16.9 Å². The predicted molar refractivity (Wildman–Crippen MR) is 115 cm³/mol. The average Bonchev–Trinajstić information content (AvgIpc) is 3.42. The number of hydrogen-bond donors (Lipinski definition) is 0. The minimum Gasteiger partial charge on any atom is -0.484 e. The molecule has 1 aliphatic heterocycles. The third-order valence-electron chi connectivity index (χ3n) is 6.97. The van der Waals surface area contributed by atoms with Crippen LogP contribution in [-0.2, 0) is 17.6 Å². The fourth-order valence-electron chi connectivity index (χ4n) is 5.16. The van der Waals surface area contributed by atoms with E-state index >= 15 is 0 Å². The number of benzene rings is 1. The van der Waals surface area contributed by atoms with Crippen molar-refractivity contribution in [3.8, 4) is 5.75 Å². The second-order valence-electron chi connectivity index (χ2n) is 9.16. The number of carbonyl (C=O) groups excluding carboxylic acids is 1. The number of rotatable bonds is 5. The van der Waals surface area contributed by atoms with E-state index in [-0.39, 0.29) is 18.4 Å². The summed E-state index contributed by atoms with van der Waals surface area (Å²) in [7, 11) is 0. The van der Waals surface area contributed by atoms with Crippen LogP contribution >= 0.6 is 0 Å². The predicted octanol–water partition coefficient (Wildman–Crippen LogP) is 4.02. The van der Waals surface area contributed by atoms with E-state index < -0.39 is 0 Å². The van der Waals surface area contributed by atoms with E-state index in [0.29, 0.717) is 12.6 Å². The van der Waals surface area contributed by atoms with Crippen LogP contribution in [0.3, 0.4) is 0 Å². The number of nitrogens with zero attached hydrogens (tertiary/aromatic N) is 4. The van der Waals surface area contributed by atoms with Gasteiger partial charge in [0.05, 0.1) is 0 Å². The Labute approximate surface area is 181 Å². The lowest BCUT2D eigenvalue weighted by Gasteiger charge is -2.32. The fraction of sp³-hybridized carbons (Fsp3) is 0.542. The van der Waals surface area contributed by atoms with Gasteiger partial charge in [-0.3, -0.25) is 4.79 Å². The molecular weight excluding hydrogens is 392 g/mol. The number of ether oxygens (including phenoxy) is 1. The lowest BCUT2D eigenvalue weighted by atomic mass is 9.96. The Bertz CT molecular complexity index is 1110. The molecule has 3 aliphatic rings. The third kappa shape index (κ3) is 3.60. The number of piperidine rings is 1. The van der Waals surface area contributed by atoms with Crippen LogP contribution in [0.2, 0.25) is 0 Å². The minimum absolute atomic E-state index is 0.0384. The maximum atomic E-state index is 12.9. The van der Waals surface area contributed by atoms with Crippen molar-refractivity contribution in [3.05, 3.63) is 41.7 Å². The van der Waals surface area contributed by atoms with Gasteiger partial charge in [0.1, 0.15) is 29.2 Å². The van der Waals surface area contributed by atoms with Gasteiger partial charge in [-0.25, -0.2) is 0 Å². The molecule has 7 nitrogen and oxygen atoms in total. The van der Waals surface area contributed by atoms with Gasteiger partial charge >= 0.3 is 0 Å². The first kappa shape index (κ1) is 18.9. The van der Waals surface area contributed by atoms with Gasteiger partial charge in [0.2, 0.25) is 0 Å². The normalized spacial score (nSPS) is 21.3. The summed E-state index contributed by atoms with van der Waals surface area (Å²) in [5.74, 6) is 3.19. The summed E-state index contributed by atoms with van der Waals surface area (Å²) in [6.45, 7) is 1.54. The molecule has 162 valence electrons. The average molecular weight is 421 g/mol. The molecule has 1 saturated carbocycles. The smallest absolute Gasteiger partial charge is 0.260 e. The quantitative estimate of drug-likeness (QED) is 0.623. The highest BCUT2D eigenvalue weighted by Gasteiger charge is 2.32. The molecular formula is C24H28N4O3. The molecule has 2 fully saturated rings. The Morgan fingerprint density at radius 3 is 2.97 bits per heavy atom. The first-order valence-electron chi connectivity index (χ1n) is 11.6. The molecule has 31 heavy (non-hydrogen) atoms. The van der Waals surface area contributed by atoms with Gasteiger partial charge in [0.25, 0.3) is 5.91 Å². The number of hydrogen-bond acceptors (Lipinski definition) is 5. The Morgan fingerprint density at radius 1 is 1.16 bits per heavy atom. The lowest BCUT2D eigenvalue weighted by molar-refractivity contribution is -0.134. The fourth-order valence-corrected chi connectivity index (χ4v) is 5.16. The van der Waals surface area contributed by atoms with Gasteiger partial charge < -0.3 is 18.6 Å². The van der Waals surface area contributed by atoms with Crippen molar-refractivity contribution in [2.45, 2.75) is 63.3 Å². The zero-order valence-electron chi connectivity index (χ0n) is 17.8. The van der Waals surface area contributed by atoms with Crippen molar-refractivity contribution in [1.82, 2.24) is 19.7 Å². The highest BCUT2D eigenvalue weighted by atomic mass is 16.5. The molecule has 0 spiro atoms. The Kier molecular flexibility index (Phi) is 4.69. The molecule has 6 rings (SSSR count). The van der Waals surface area contributed by atoms with Crippen LogP contribution in [0.15, 0.2) is 28.9 Å². The lowest BCUT2D eigenvalue weighted by Crippen LogP contribution is -2.42. The maximum absolute atomic E-state index is 12.9. The zero-order chi connectivity index (χ0) is 20.8. The first-order chi connectivity index (χ1) is 15.3. The molecule has 3 aromatic rings. The van der Waals surface area contributed by atoms with E-state index in [1.54, 1.807) is 0 Å². The van der Waals surface area contributed by atoms with Gasteiger partial charge in [-0.15, -0.1) is 10.2 Å². The van der Waals surface area contributed by atoms with Gasteiger partial charge in [-0.05, 0) is 63.1 Å². The number of furan rings is 1. The summed E-state index contributed by atoms with van der Waals surface area (Å²) in [4.78, 5) is 14.8. The molecule has 0 N–H and O–H groups in total. The topological polar surface area (TPSA) is 73.4 Å². The van der Waals surface area contributed by atoms with Crippen molar-refractivity contribution in [2.75, 3.05) is 19.7 Å². The first-order valence-corrected chi connectivity index (χ1v) is 11.6. The molecule has 2 aliphatic carbocycles. The SMILES string of the molecule is O=C(COc1ccc2oc3c(c2c1)CCCC3)N1CCCC(c2nncn2C2CC2)C1. The second kappa shape index (κ2) is 7.70. The number of likely N-dealkylation sites (tertiary alicyclic amines) is 1. The molecule has 2 aromatic heterocycles. The standard InChI is InChI=1S/C24H28N4O3/c29-23(27-11-3-4-16(13-27)24-26-25-15-28(24)17-7-8-17)14-30-18-9-10-22-20(12-18)19-5-1-2-6-21(19)31-22/h9-10,12,15-17H,1-8,11,13-14H2. The Hall–Kier alpha value is -2.83. The summed E-state index contributed by atoms with van der Waals surface area (Å²) in [5.41, 5.74) is 2.24. The number of fused-ring (bicyclic) bond motifs is 3. The van der Waals surface area contributed by atoms with Gasteiger partial charge in [-0.1, -0.05) is 0 Å². The summed E-state index contributed by atoms with van der Waals surface area (Å²) in [6.07, 6.45) is 10.8. The summed E-state index contributed by atoms with van der Waals surface area (Å²) in [5, 5.41) is 9.65.